The van der Waals surface area contributed by atoms with E-state index in [9.17, 15) is 14.9 Å². The van der Waals surface area contributed by atoms with E-state index in [-0.39, 0.29) is 5.69 Å². The van der Waals surface area contributed by atoms with Gasteiger partial charge in [-0.25, -0.2) is 5.43 Å². The molecule has 0 bridgehead atoms. The maximum atomic E-state index is 12.2. The molecule has 7 nitrogen and oxygen atoms in total. The zero-order chi connectivity index (χ0) is 19.2. The van der Waals surface area contributed by atoms with Crippen molar-refractivity contribution in [2.24, 2.45) is 5.10 Å². The normalized spacial score (nSPS) is 12.0. The van der Waals surface area contributed by atoms with Gasteiger partial charge in [-0.3, -0.25) is 14.9 Å². The van der Waals surface area contributed by atoms with Crippen molar-refractivity contribution in [3.8, 4) is 5.75 Å². The van der Waals surface area contributed by atoms with E-state index in [4.69, 9.17) is 4.74 Å². The molecule has 7 heteroatoms. The maximum Gasteiger partial charge on any atom is 0.280 e. The van der Waals surface area contributed by atoms with Crippen LogP contribution in [-0.4, -0.2) is 23.1 Å². The molecule has 0 aliphatic rings. The van der Waals surface area contributed by atoms with Gasteiger partial charge < -0.3 is 4.74 Å². The van der Waals surface area contributed by atoms with Gasteiger partial charge in [0.25, 0.3) is 11.6 Å². The first-order chi connectivity index (χ1) is 13.0. The summed E-state index contributed by atoms with van der Waals surface area (Å²) in [6, 6.07) is 19.3. The molecule has 0 spiro atoms. The number of benzene rings is 3. The molecule has 3 aromatic rings. The first-order valence-electron chi connectivity index (χ1n) is 8.26. The highest BCUT2D eigenvalue weighted by atomic mass is 16.6. The highest BCUT2D eigenvalue weighted by Gasteiger charge is 2.15. The summed E-state index contributed by atoms with van der Waals surface area (Å²) in [7, 11) is 0. The molecule has 0 saturated heterocycles. The van der Waals surface area contributed by atoms with E-state index in [1.54, 1.807) is 25.1 Å². The number of hydrazone groups is 1. The van der Waals surface area contributed by atoms with Crippen molar-refractivity contribution in [1.82, 2.24) is 5.43 Å². The summed E-state index contributed by atoms with van der Waals surface area (Å²) >= 11 is 0. The van der Waals surface area contributed by atoms with E-state index in [0.717, 1.165) is 10.8 Å². The number of nitrogens with one attached hydrogen (secondary N) is 1. The van der Waals surface area contributed by atoms with Gasteiger partial charge in [0.05, 0.1) is 11.1 Å². The number of rotatable bonds is 6. The number of nitrogens with zero attached hydrogens (tertiary/aromatic N) is 2. The lowest BCUT2D eigenvalue weighted by Gasteiger charge is -2.14. The molecular weight excluding hydrogens is 346 g/mol. The predicted molar refractivity (Wildman–Crippen MR) is 103 cm³/mol. The van der Waals surface area contributed by atoms with Crippen molar-refractivity contribution in [3.05, 3.63) is 82.4 Å². The number of carbonyl (C=O) groups excluding carboxylic acids is 1. The van der Waals surface area contributed by atoms with Gasteiger partial charge in [0.1, 0.15) is 5.75 Å². The molecular formula is C20H17N3O4. The Balaban J connectivity index is 1.64. The van der Waals surface area contributed by atoms with Crippen LogP contribution in [0.1, 0.15) is 12.5 Å². The Morgan fingerprint density at radius 1 is 1.15 bits per heavy atom. The molecule has 1 amide bonds. The molecule has 27 heavy (non-hydrogen) atoms. The molecule has 0 aliphatic carbocycles. The van der Waals surface area contributed by atoms with Gasteiger partial charge in [-0.15, -0.1) is 0 Å². The largest absolute Gasteiger partial charge is 0.480 e. The van der Waals surface area contributed by atoms with Gasteiger partial charge in [-0.1, -0.05) is 48.5 Å². The van der Waals surface area contributed by atoms with Crippen LogP contribution >= 0.6 is 0 Å². The van der Waals surface area contributed by atoms with E-state index in [1.807, 2.05) is 36.4 Å². The Kier molecular flexibility index (Phi) is 5.41. The SMILES string of the molecule is CC(Oc1cccc2ccccc12)C(=O)N/N=C/c1cccc([N+](=O)[O-])c1. The highest BCUT2D eigenvalue weighted by molar-refractivity contribution is 5.89. The summed E-state index contributed by atoms with van der Waals surface area (Å²) in [4.78, 5) is 22.5. The first kappa shape index (κ1) is 18.1. The minimum absolute atomic E-state index is 0.0436. The minimum atomic E-state index is -0.766. The standard InChI is InChI=1S/C20H17N3O4/c1-14(27-19-11-5-8-16-7-2-3-10-18(16)19)20(24)22-21-13-15-6-4-9-17(12-15)23(25)26/h2-14H,1H3,(H,22,24)/b21-13+. The molecule has 0 aromatic heterocycles. The van der Waals surface area contributed by atoms with Crippen LogP contribution in [0.15, 0.2) is 71.8 Å². The number of nitro groups is 1. The molecule has 0 aliphatic heterocycles. The van der Waals surface area contributed by atoms with Crippen molar-refractivity contribution in [2.75, 3.05) is 0 Å². The van der Waals surface area contributed by atoms with Crippen LogP contribution in [0.25, 0.3) is 10.8 Å². The lowest BCUT2D eigenvalue weighted by Crippen LogP contribution is -2.33. The molecule has 3 aromatic carbocycles. The summed E-state index contributed by atoms with van der Waals surface area (Å²) in [5.41, 5.74) is 2.85. The zero-order valence-electron chi connectivity index (χ0n) is 14.5. The highest BCUT2D eigenvalue weighted by Crippen LogP contribution is 2.26. The number of amides is 1. The maximum absolute atomic E-state index is 12.2. The molecule has 1 atom stereocenters. The molecule has 0 heterocycles. The van der Waals surface area contributed by atoms with Crippen LogP contribution in [0, 0.1) is 10.1 Å². The summed E-state index contributed by atoms with van der Waals surface area (Å²) in [6.45, 7) is 1.62. The Morgan fingerprint density at radius 2 is 1.89 bits per heavy atom. The number of non-ortho nitro benzene ring substituents is 1. The Bertz CT molecular complexity index is 1010. The summed E-state index contributed by atoms with van der Waals surface area (Å²) in [6.07, 6.45) is 0.577. The number of nitro benzene ring substituents is 1. The van der Waals surface area contributed by atoms with E-state index in [0.29, 0.717) is 11.3 Å². The summed E-state index contributed by atoms with van der Waals surface area (Å²) < 4.78 is 5.77. The van der Waals surface area contributed by atoms with E-state index >= 15 is 0 Å². The first-order valence-corrected chi connectivity index (χ1v) is 8.26. The number of hydrogen-bond donors (Lipinski definition) is 1. The number of hydrogen-bond acceptors (Lipinski definition) is 5. The Labute approximate surface area is 155 Å². The van der Waals surface area contributed by atoms with Gasteiger partial charge >= 0.3 is 0 Å². The fourth-order valence-corrected chi connectivity index (χ4v) is 2.52. The topological polar surface area (TPSA) is 93.8 Å². The minimum Gasteiger partial charge on any atom is -0.480 e. The van der Waals surface area contributed by atoms with Crippen molar-refractivity contribution >= 4 is 28.6 Å². The lowest BCUT2D eigenvalue weighted by atomic mass is 10.1. The van der Waals surface area contributed by atoms with Gasteiger partial charge in [-0.05, 0) is 18.4 Å². The second kappa shape index (κ2) is 8.09. The third-order valence-corrected chi connectivity index (χ3v) is 3.89. The smallest absolute Gasteiger partial charge is 0.280 e. The Morgan fingerprint density at radius 3 is 2.70 bits per heavy atom. The molecule has 0 radical (unpaired) electrons. The van der Waals surface area contributed by atoms with Crippen molar-refractivity contribution in [2.45, 2.75) is 13.0 Å². The fourth-order valence-electron chi connectivity index (χ4n) is 2.52. The number of carbonyl (C=O) groups is 1. The zero-order valence-corrected chi connectivity index (χ0v) is 14.5. The summed E-state index contributed by atoms with van der Waals surface area (Å²) in [5, 5.41) is 16.5. The fraction of sp³-hybridized carbons (Fsp3) is 0.100. The quantitative estimate of drug-likeness (QED) is 0.411. The van der Waals surface area contributed by atoms with Crippen LogP contribution in [0.3, 0.4) is 0 Å². The second-order valence-electron chi connectivity index (χ2n) is 5.82. The molecule has 3 rings (SSSR count). The number of fused-ring (bicyclic) bond motifs is 1. The predicted octanol–water partition coefficient (Wildman–Crippen LogP) is 3.67. The third-order valence-electron chi connectivity index (χ3n) is 3.89. The molecule has 1 N–H and O–H groups in total. The van der Waals surface area contributed by atoms with Crippen molar-refractivity contribution < 1.29 is 14.5 Å². The lowest BCUT2D eigenvalue weighted by molar-refractivity contribution is -0.384. The van der Waals surface area contributed by atoms with Crippen LogP contribution in [0.2, 0.25) is 0 Å². The average molecular weight is 363 g/mol. The summed E-state index contributed by atoms with van der Waals surface area (Å²) in [5.74, 6) is 0.183. The monoisotopic (exact) mass is 363 g/mol. The van der Waals surface area contributed by atoms with Gasteiger partial charge in [0, 0.05) is 23.1 Å². The molecule has 0 saturated carbocycles. The van der Waals surface area contributed by atoms with Gasteiger partial charge in [-0.2, -0.15) is 5.10 Å². The van der Waals surface area contributed by atoms with E-state index in [1.165, 1.54) is 18.3 Å². The van der Waals surface area contributed by atoms with Gasteiger partial charge in [0.15, 0.2) is 6.10 Å². The average Bonchev–Trinajstić information content (AvgIpc) is 2.68. The third kappa shape index (κ3) is 4.46. The van der Waals surface area contributed by atoms with Gasteiger partial charge in [0.2, 0.25) is 0 Å². The number of ether oxygens (including phenoxy) is 1. The molecule has 0 fully saturated rings. The molecule has 1 unspecified atom stereocenters. The van der Waals surface area contributed by atoms with Crippen molar-refractivity contribution in [1.29, 1.82) is 0 Å². The second-order valence-corrected chi connectivity index (χ2v) is 5.82. The van der Waals surface area contributed by atoms with Crippen LogP contribution in [0.5, 0.6) is 5.75 Å². The van der Waals surface area contributed by atoms with Crippen LogP contribution < -0.4 is 10.2 Å². The van der Waals surface area contributed by atoms with Crippen LogP contribution in [-0.2, 0) is 4.79 Å². The van der Waals surface area contributed by atoms with Crippen LogP contribution in [0.4, 0.5) is 5.69 Å². The Hall–Kier alpha value is -3.74. The van der Waals surface area contributed by atoms with Crippen molar-refractivity contribution in [3.63, 3.8) is 0 Å². The van der Waals surface area contributed by atoms with E-state index < -0.39 is 16.9 Å². The van der Waals surface area contributed by atoms with E-state index in [2.05, 4.69) is 10.5 Å². The molecule has 136 valence electrons.